The zero-order chi connectivity index (χ0) is 13.2. The van der Waals surface area contributed by atoms with E-state index in [0.29, 0.717) is 6.04 Å². The predicted molar refractivity (Wildman–Crippen MR) is 85.2 cm³/mol. The molecule has 1 saturated carbocycles. The summed E-state index contributed by atoms with van der Waals surface area (Å²) in [5, 5.41) is 5.66. The first-order valence-corrected chi connectivity index (χ1v) is 9.00. The molecule has 0 aliphatic heterocycles. The molecule has 2 aliphatic carbocycles. The van der Waals surface area contributed by atoms with E-state index in [1.54, 1.807) is 0 Å². The van der Waals surface area contributed by atoms with E-state index in [4.69, 9.17) is 11.6 Å². The van der Waals surface area contributed by atoms with E-state index >= 15 is 0 Å². The van der Waals surface area contributed by atoms with Crippen molar-refractivity contribution in [2.75, 3.05) is 6.26 Å². The lowest BCUT2D eigenvalue weighted by molar-refractivity contribution is 0.342. The number of benzene rings is 1. The highest BCUT2D eigenvalue weighted by Crippen LogP contribution is 2.35. The van der Waals surface area contributed by atoms with Gasteiger partial charge in [0.05, 0.1) is 0 Å². The number of nitrogens with one attached hydrogen (secondary N) is 1. The van der Waals surface area contributed by atoms with Crippen molar-refractivity contribution in [1.29, 1.82) is 0 Å². The van der Waals surface area contributed by atoms with Crippen molar-refractivity contribution < 1.29 is 0 Å². The number of hydrogen-bond donors (Lipinski definition) is 1. The predicted octanol–water partition coefficient (Wildman–Crippen LogP) is 4.59. The molecular formula is C16H22ClNS. The molecule has 3 heteroatoms. The van der Waals surface area contributed by atoms with Crippen LogP contribution in [0.1, 0.15) is 49.3 Å². The maximum atomic E-state index is 6.07. The summed E-state index contributed by atoms with van der Waals surface area (Å²) in [7, 11) is 0. The monoisotopic (exact) mass is 295 g/mol. The Morgan fingerprint density at radius 1 is 1.16 bits per heavy atom. The standard InChI is InChI=1S/C16H22ClNS/c1-19-14-6-4-13(5-7-14)18-16-9-2-11-10-12(17)3-8-15(11)16/h3,8,10,13-14,16,18H,2,4-7,9H2,1H3. The number of thioether (sulfide) groups is 1. The normalized spacial score (nSPS) is 30.3. The lowest BCUT2D eigenvalue weighted by Crippen LogP contribution is -2.35. The van der Waals surface area contributed by atoms with Crippen LogP contribution >= 0.6 is 23.4 Å². The van der Waals surface area contributed by atoms with Gasteiger partial charge in [0.15, 0.2) is 0 Å². The minimum absolute atomic E-state index is 0.558. The van der Waals surface area contributed by atoms with E-state index in [1.807, 2.05) is 17.8 Å². The molecule has 0 spiro atoms. The smallest absolute Gasteiger partial charge is 0.0408 e. The second-order valence-electron chi connectivity index (χ2n) is 5.81. The quantitative estimate of drug-likeness (QED) is 0.875. The molecule has 1 N–H and O–H groups in total. The van der Waals surface area contributed by atoms with E-state index in [-0.39, 0.29) is 0 Å². The zero-order valence-electron chi connectivity index (χ0n) is 11.5. The molecule has 0 aromatic heterocycles. The van der Waals surface area contributed by atoms with Gasteiger partial charge in [0, 0.05) is 22.4 Å². The van der Waals surface area contributed by atoms with Crippen LogP contribution in [0, 0.1) is 0 Å². The van der Waals surface area contributed by atoms with Crippen molar-refractivity contribution in [2.45, 2.75) is 55.9 Å². The highest BCUT2D eigenvalue weighted by atomic mass is 35.5. The fourth-order valence-corrected chi connectivity index (χ4v) is 4.45. The Labute approximate surface area is 125 Å². The Hall–Kier alpha value is -0.180. The fraction of sp³-hybridized carbons (Fsp3) is 0.625. The van der Waals surface area contributed by atoms with Gasteiger partial charge in [-0.25, -0.2) is 0 Å². The third kappa shape index (κ3) is 3.12. The lowest BCUT2D eigenvalue weighted by atomic mass is 9.93. The Bertz CT molecular complexity index is 440. The number of halogens is 1. The average molecular weight is 296 g/mol. The summed E-state index contributed by atoms with van der Waals surface area (Å²) >= 11 is 8.11. The van der Waals surface area contributed by atoms with Crippen molar-refractivity contribution in [3.8, 4) is 0 Å². The highest BCUT2D eigenvalue weighted by Gasteiger charge is 2.27. The SMILES string of the molecule is CSC1CCC(NC2CCc3cc(Cl)ccc32)CC1. The molecule has 0 heterocycles. The van der Waals surface area contributed by atoms with E-state index in [9.17, 15) is 0 Å². The first kappa shape index (κ1) is 13.8. The maximum absolute atomic E-state index is 6.07. The van der Waals surface area contributed by atoms with Crippen molar-refractivity contribution in [3.05, 3.63) is 34.3 Å². The summed E-state index contributed by atoms with van der Waals surface area (Å²) in [6.45, 7) is 0. The summed E-state index contributed by atoms with van der Waals surface area (Å²) < 4.78 is 0. The molecule has 3 rings (SSSR count). The van der Waals surface area contributed by atoms with Crippen molar-refractivity contribution in [3.63, 3.8) is 0 Å². The molecular weight excluding hydrogens is 274 g/mol. The van der Waals surface area contributed by atoms with Crippen LogP contribution in [-0.2, 0) is 6.42 Å². The summed E-state index contributed by atoms with van der Waals surface area (Å²) in [6, 6.07) is 7.67. The number of rotatable bonds is 3. The van der Waals surface area contributed by atoms with Crippen molar-refractivity contribution >= 4 is 23.4 Å². The van der Waals surface area contributed by atoms with Gasteiger partial charge in [0.25, 0.3) is 0 Å². The van der Waals surface area contributed by atoms with Crippen LogP contribution in [0.5, 0.6) is 0 Å². The fourth-order valence-electron chi connectivity index (χ4n) is 3.51. The van der Waals surface area contributed by atoms with Gasteiger partial charge >= 0.3 is 0 Å². The lowest BCUT2D eigenvalue weighted by Gasteiger charge is -2.30. The zero-order valence-corrected chi connectivity index (χ0v) is 13.1. The van der Waals surface area contributed by atoms with E-state index in [2.05, 4.69) is 23.7 Å². The summed E-state index contributed by atoms with van der Waals surface area (Å²) in [6.07, 6.45) is 10.1. The average Bonchev–Trinajstić information content (AvgIpc) is 2.82. The Balaban J connectivity index is 1.61. The molecule has 1 nitrogen and oxygen atoms in total. The van der Waals surface area contributed by atoms with Crippen molar-refractivity contribution in [1.82, 2.24) is 5.32 Å². The van der Waals surface area contributed by atoms with E-state index in [1.165, 1.54) is 49.7 Å². The Morgan fingerprint density at radius 2 is 1.95 bits per heavy atom. The van der Waals surface area contributed by atoms with Gasteiger partial charge in [-0.3, -0.25) is 0 Å². The third-order valence-corrected chi connectivity index (χ3v) is 6.00. The van der Waals surface area contributed by atoms with Gasteiger partial charge in [-0.15, -0.1) is 0 Å². The molecule has 19 heavy (non-hydrogen) atoms. The summed E-state index contributed by atoms with van der Waals surface area (Å²) in [5.74, 6) is 0. The highest BCUT2D eigenvalue weighted by molar-refractivity contribution is 7.99. The molecule has 1 atom stereocenters. The van der Waals surface area contributed by atoms with Crippen LogP contribution in [-0.4, -0.2) is 17.5 Å². The van der Waals surface area contributed by atoms with Crippen molar-refractivity contribution in [2.24, 2.45) is 0 Å². The van der Waals surface area contributed by atoms with Gasteiger partial charge in [-0.1, -0.05) is 17.7 Å². The molecule has 0 radical (unpaired) electrons. The van der Waals surface area contributed by atoms with Crippen LogP contribution < -0.4 is 5.32 Å². The van der Waals surface area contributed by atoms with Crippen LogP contribution in [0.2, 0.25) is 5.02 Å². The molecule has 1 aromatic rings. The molecule has 0 bridgehead atoms. The molecule has 1 fully saturated rings. The van der Waals surface area contributed by atoms with Gasteiger partial charge < -0.3 is 5.32 Å². The molecule has 1 aromatic carbocycles. The topological polar surface area (TPSA) is 12.0 Å². The van der Waals surface area contributed by atoms with Crippen LogP contribution in [0.15, 0.2) is 18.2 Å². The second-order valence-corrected chi connectivity index (χ2v) is 7.38. The Kier molecular flexibility index (Phi) is 4.40. The van der Waals surface area contributed by atoms with Crippen LogP contribution in [0.25, 0.3) is 0 Å². The van der Waals surface area contributed by atoms with Gasteiger partial charge in [0.1, 0.15) is 0 Å². The van der Waals surface area contributed by atoms with Crippen LogP contribution in [0.3, 0.4) is 0 Å². The largest absolute Gasteiger partial charge is 0.307 e. The number of aryl methyl sites for hydroxylation is 1. The van der Waals surface area contributed by atoms with E-state index < -0.39 is 0 Å². The molecule has 2 aliphatic rings. The minimum atomic E-state index is 0.558. The van der Waals surface area contributed by atoms with Crippen LogP contribution in [0.4, 0.5) is 0 Å². The Morgan fingerprint density at radius 3 is 2.68 bits per heavy atom. The molecule has 1 unspecified atom stereocenters. The third-order valence-electron chi connectivity index (χ3n) is 4.63. The molecule has 0 saturated heterocycles. The second kappa shape index (κ2) is 6.07. The van der Waals surface area contributed by atoms with E-state index in [0.717, 1.165) is 16.3 Å². The first-order chi connectivity index (χ1) is 9.26. The number of fused-ring (bicyclic) bond motifs is 1. The first-order valence-electron chi connectivity index (χ1n) is 7.33. The minimum Gasteiger partial charge on any atom is -0.307 e. The summed E-state index contributed by atoms with van der Waals surface area (Å²) in [4.78, 5) is 0. The van der Waals surface area contributed by atoms with Gasteiger partial charge in [-0.05, 0) is 68.0 Å². The maximum Gasteiger partial charge on any atom is 0.0408 e. The molecule has 104 valence electrons. The van der Waals surface area contributed by atoms with Gasteiger partial charge in [-0.2, -0.15) is 11.8 Å². The number of hydrogen-bond acceptors (Lipinski definition) is 2. The van der Waals surface area contributed by atoms with Gasteiger partial charge in [0.2, 0.25) is 0 Å². The summed E-state index contributed by atoms with van der Waals surface area (Å²) in [5.41, 5.74) is 2.93. The molecule has 0 amide bonds.